The van der Waals surface area contributed by atoms with Gasteiger partial charge in [0.15, 0.2) is 0 Å². The molecule has 0 radical (unpaired) electrons. The second-order valence-corrected chi connectivity index (χ2v) is 11.1. The number of hydrogen-bond acceptors (Lipinski definition) is 4. The number of nitrogens with one attached hydrogen (secondary N) is 1. The number of carbonyl (C=O) groups is 2. The lowest BCUT2D eigenvalue weighted by atomic mass is 10.1. The molecule has 0 spiro atoms. The number of halogens is 1. The Balaban J connectivity index is 2.41. The first-order valence-corrected chi connectivity index (χ1v) is 14.1. The largest absolute Gasteiger partial charge is 0.354 e. The molecule has 2 amide bonds. The van der Waals surface area contributed by atoms with E-state index in [-0.39, 0.29) is 12.5 Å². The van der Waals surface area contributed by atoms with Crippen molar-refractivity contribution in [1.29, 1.82) is 0 Å². The minimum absolute atomic E-state index is 0.186. The van der Waals surface area contributed by atoms with Gasteiger partial charge in [-0.15, -0.1) is 0 Å². The van der Waals surface area contributed by atoms with E-state index in [1.807, 2.05) is 52.0 Å². The Bertz CT molecular complexity index is 1120. The van der Waals surface area contributed by atoms with Crippen molar-refractivity contribution in [3.05, 3.63) is 64.2 Å². The summed E-state index contributed by atoms with van der Waals surface area (Å²) in [6.07, 6.45) is 3.22. The van der Waals surface area contributed by atoms with Crippen molar-refractivity contribution in [1.82, 2.24) is 10.2 Å². The van der Waals surface area contributed by atoms with E-state index in [1.165, 1.54) is 11.0 Å². The lowest BCUT2D eigenvalue weighted by molar-refractivity contribution is -0.140. The van der Waals surface area contributed by atoms with Gasteiger partial charge in [-0.2, -0.15) is 0 Å². The molecule has 0 unspecified atom stereocenters. The molecule has 2 aromatic carbocycles. The first-order chi connectivity index (χ1) is 16.5. The maximum atomic E-state index is 13.6. The van der Waals surface area contributed by atoms with Crippen LogP contribution in [0.1, 0.15) is 49.8 Å². The zero-order valence-electron chi connectivity index (χ0n) is 21.2. The minimum atomic E-state index is -3.80. The third-order valence-corrected chi connectivity index (χ3v) is 7.36. The molecule has 1 atom stereocenters. The number of unbranched alkanes of at least 4 members (excludes halogenated alkanes) is 1. The molecule has 2 rings (SSSR count). The van der Waals surface area contributed by atoms with E-state index in [0.29, 0.717) is 23.7 Å². The normalized spacial score (nSPS) is 12.2. The number of benzene rings is 2. The average molecular weight is 522 g/mol. The highest BCUT2D eigenvalue weighted by atomic mass is 35.5. The lowest BCUT2D eigenvalue weighted by Crippen LogP contribution is -2.52. The van der Waals surface area contributed by atoms with Gasteiger partial charge in [-0.3, -0.25) is 13.9 Å². The second kappa shape index (κ2) is 12.9. The van der Waals surface area contributed by atoms with Gasteiger partial charge in [-0.25, -0.2) is 8.42 Å². The monoisotopic (exact) mass is 521 g/mol. The smallest absolute Gasteiger partial charge is 0.244 e. The topological polar surface area (TPSA) is 86.8 Å². The molecule has 1 N–H and O–H groups in total. The fourth-order valence-electron chi connectivity index (χ4n) is 3.67. The number of amides is 2. The van der Waals surface area contributed by atoms with Crippen molar-refractivity contribution >= 4 is 39.1 Å². The zero-order valence-corrected chi connectivity index (χ0v) is 22.7. The molecule has 192 valence electrons. The van der Waals surface area contributed by atoms with Gasteiger partial charge < -0.3 is 10.2 Å². The third kappa shape index (κ3) is 8.25. The summed E-state index contributed by atoms with van der Waals surface area (Å²) in [7, 11) is -3.80. The predicted molar refractivity (Wildman–Crippen MR) is 142 cm³/mol. The van der Waals surface area contributed by atoms with Crippen LogP contribution >= 0.6 is 11.6 Å². The SMILES string of the molecule is CCCCNC(=O)[C@H](CC)N(Cc1ccc(C)cc1)C(=O)CN(c1ccc(C)c(Cl)c1)S(C)(=O)=O. The summed E-state index contributed by atoms with van der Waals surface area (Å²) in [5, 5.41) is 3.32. The Morgan fingerprint density at radius 3 is 2.26 bits per heavy atom. The molecular weight excluding hydrogens is 486 g/mol. The van der Waals surface area contributed by atoms with Crippen molar-refractivity contribution in [2.75, 3.05) is 23.7 Å². The van der Waals surface area contributed by atoms with Crippen LogP contribution in [0.5, 0.6) is 0 Å². The minimum Gasteiger partial charge on any atom is -0.354 e. The summed E-state index contributed by atoms with van der Waals surface area (Å²) >= 11 is 6.23. The first kappa shape index (κ1) is 28.7. The first-order valence-electron chi connectivity index (χ1n) is 11.8. The summed E-state index contributed by atoms with van der Waals surface area (Å²) in [6, 6.07) is 11.8. The molecule has 0 saturated heterocycles. The van der Waals surface area contributed by atoms with Gasteiger partial charge in [0.1, 0.15) is 12.6 Å². The maximum Gasteiger partial charge on any atom is 0.244 e. The van der Waals surface area contributed by atoms with E-state index in [1.54, 1.807) is 12.1 Å². The van der Waals surface area contributed by atoms with Crippen molar-refractivity contribution in [2.24, 2.45) is 0 Å². The van der Waals surface area contributed by atoms with Gasteiger partial charge in [0.2, 0.25) is 21.8 Å². The van der Waals surface area contributed by atoms with Crippen LogP contribution in [-0.4, -0.2) is 50.5 Å². The van der Waals surface area contributed by atoms with Gasteiger partial charge in [-0.05, 0) is 49.9 Å². The summed E-state index contributed by atoms with van der Waals surface area (Å²) < 4.78 is 26.4. The quantitative estimate of drug-likeness (QED) is 0.418. The van der Waals surface area contributed by atoms with Crippen LogP contribution in [0.3, 0.4) is 0 Å². The van der Waals surface area contributed by atoms with Crippen molar-refractivity contribution in [3.8, 4) is 0 Å². The Labute approximate surface area is 214 Å². The van der Waals surface area contributed by atoms with Gasteiger partial charge in [0.25, 0.3) is 0 Å². The Morgan fingerprint density at radius 2 is 1.71 bits per heavy atom. The molecule has 0 aliphatic heterocycles. The molecule has 0 bridgehead atoms. The standard InChI is InChI=1S/C26H36ClN3O4S/c1-6-8-15-28-26(32)24(7-2)29(17-21-12-9-19(3)10-13-21)25(31)18-30(35(5,33)34)22-14-11-20(4)23(27)16-22/h9-14,16,24H,6-8,15,17-18H2,1-5H3,(H,28,32)/t24-/m0/s1. The van der Waals surface area contributed by atoms with Crippen molar-refractivity contribution < 1.29 is 18.0 Å². The van der Waals surface area contributed by atoms with Gasteiger partial charge in [-0.1, -0.05) is 67.8 Å². The van der Waals surface area contributed by atoms with Crippen LogP contribution in [0.2, 0.25) is 5.02 Å². The Morgan fingerprint density at radius 1 is 1.06 bits per heavy atom. The van der Waals surface area contributed by atoms with Crippen LogP contribution in [0, 0.1) is 13.8 Å². The third-order valence-electron chi connectivity index (χ3n) is 5.81. The van der Waals surface area contributed by atoms with Crippen LogP contribution in [-0.2, 0) is 26.2 Å². The molecule has 0 aliphatic carbocycles. The molecule has 0 fully saturated rings. The molecule has 9 heteroatoms. The van der Waals surface area contributed by atoms with Crippen LogP contribution in [0.25, 0.3) is 0 Å². The number of sulfonamides is 1. The predicted octanol–water partition coefficient (Wildman–Crippen LogP) is 4.45. The number of aryl methyl sites for hydroxylation is 2. The molecule has 0 aromatic heterocycles. The highest BCUT2D eigenvalue weighted by Crippen LogP contribution is 2.25. The maximum absolute atomic E-state index is 13.6. The summed E-state index contributed by atoms with van der Waals surface area (Å²) in [5.41, 5.74) is 3.03. The van der Waals surface area contributed by atoms with Crippen LogP contribution in [0.4, 0.5) is 5.69 Å². The Kier molecular flexibility index (Phi) is 10.6. The van der Waals surface area contributed by atoms with Gasteiger partial charge in [0, 0.05) is 18.1 Å². The highest BCUT2D eigenvalue weighted by molar-refractivity contribution is 7.92. The number of hydrogen-bond donors (Lipinski definition) is 1. The van der Waals surface area contributed by atoms with E-state index in [9.17, 15) is 18.0 Å². The molecular formula is C26H36ClN3O4S. The van der Waals surface area contributed by atoms with E-state index in [0.717, 1.165) is 40.1 Å². The number of nitrogens with zero attached hydrogens (tertiary/aromatic N) is 2. The lowest BCUT2D eigenvalue weighted by Gasteiger charge is -2.33. The number of anilines is 1. The molecule has 2 aromatic rings. The highest BCUT2D eigenvalue weighted by Gasteiger charge is 2.31. The summed E-state index contributed by atoms with van der Waals surface area (Å²) in [5.74, 6) is -0.712. The molecule has 0 saturated carbocycles. The summed E-state index contributed by atoms with van der Waals surface area (Å²) in [6.45, 7) is 7.93. The molecule has 35 heavy (non-hydrogen) atoms. The number of carbonyl (C=O) groups excluding carboxylic acids is 2. The van der Waals surface area contributed by atoms with Gasteiger partial charge in [0.05, 0.1) is 11.9 Å². The fraction of sp³-hybridized carbons (Fsp3) is 0.462. The van der Waals surface area contributed by atoms with E-state index in [4.69, 9.17) is 11.6 Å². The van der Waals surface area contributed by atoms with E-state index >= 15 is 0 Å². The molecule has 0 heterocycles. The Hall–Kier alpha value is -2.58. The van der Waals surface area contributed by atoms with Crippen molar-refractivity contribution in [3.63, 3.8) is 0 Å². The number of rotatable bonds is 12. The van der Waals surface area contributed by atoms with Crippen molar-refractivity contribution in [2.45, 2.75) is 59.5 Å². The average Bonchev–Trinajstić information content (AvgIpc) is 2.80. The van der Waals surface area contributed by atoms with Crippen LogP contribution < -0.4 is 9.62 Å². The molecule has 0 aliphatic rings. The summed E-state index contributed by atoms with van der Waals surface area (Å²) in [4.78, 5) is 28.1. The fourth-order valence-corrected chi connectivity index (χ4v) is 4.68. The van der Waals surface area contributed by atoms with Gasteiger partial charge >= 0.3 is 0 Å². The molecule has 7 nitrogen and oxygen atoms in total. The van der Waals surface area contributed by atoms with Crippen LogP contribution in [0.15, 0.2) is 42.5 Å². The van der Waals surface area contributed by atoms with E-state index < -0.39 is 28.5 Å². The zero-order chi connectivity index (χ0) is 26.2. The second-order valence-electron chi connectivity index (χ2n) is 8.78. The van der Waals surface area contributed by atoms with E-state index in [2.05, 4.69) is 5.32 Å².